The van der Waals surface area contributed by atoms with Crippen molar-refractivity contribution in [1.29, 1.82) is 0 Å². The topological polar surface area (TPSA) is 86.5 Å². The molecular formula is C16H20ClN3O4. The Morgan fingerprint density at radius 1 is 1.38 bits per heavy atom. The molecule has 130 valence electrons. The summed E-state index contributed by atoms with van der Waals surface area (Å²) in [5.41, 5.74) is 0.0429. The Bertz CT molecular complexity index is 697. The predicted molar refractivity (Wildman–Crippen MR) is 88.1 cm³/mol. The Balaban J connectivity index is 2.36. The first-order valence-corrected chi connectivity index (χ1v) is 7.88. The molecule has 0 aliphatic carbocycles. The van der Waals surface area contributed by atoms with E-state index >= 15 is 0 Å². The van der Waals surface area contributed by atoms with Crippen LogP contribution in [0, 0.1) is 0 Å². The number of alkyl carbamates (subject to hydrolysis) is 1. The maximum atomic E-state index is 12.2. The van der Waals surface area contributed by atoms with Crippen LogP contribution in [0.5, 0.6) is 5.75 Å². The van der Waals surface area contributed by atoms with Crippen molar-refractivity contribution < 1.29 is 18.8 Å². The highest BCUT2D eigenvalue weighted by atomic mass is 35.5. The van der Waals surface area contributed by atoms with E-state index in [0.29, 0.717) is 11.3 Å². The number of halogens is 1. The SMILES string of the molecule is COc1ccccc1[C@H](NC(=O)OC(C)(C)C)c1noc(CCl)n1. The van der Waals surface area contributed by atoms with E-state index in [0.717, 1.165) is 0 Å². The van der Waals surface area contributed by atoms with Gasteiger partial charge in [0.15, 0.2) is 5.82 Å². The van der Waals surface area contributed by atoms with Crippen LogP contribution in [-0.4, -0.2) is 28.9 Å². The van der Waals surface area contributed by atoms with Crippen molar-refractivity contribution in [2.75, 3.05) is 7.11 Å². The van der Waals surface area contributed by atoms with Crippen molar-refractivity contribution in [3.05, 3.63) is 41.5 Å². The van der Waals surface area contributed by atoms with Crippen LogP contribution in [0.1, 0.15) is 44.1 Å². The second-order valence-corrected chi connectivity index (χ2v) is 6.27. The van der Waals surface area contributed by atoms with Crippen LogP contribution >= 0.6 is 11.6 Å². The molecule has 1 N–H and O–H groups in total. The van der Waals surface area contributed by atoms with Gasteiger partial charge < -0.3 is 19.3 Å². The molecule has 0 radical (unpaired) electrons. The highest BCUT2D eigenvalue weighted by molar-refractivity contribution is 6.16. The number of nitrogens with zero attached hydrogens (tertiary/aromatic N) is 2. The first kappa shape index (κ1) is 18.1. The highest BCUT2D eigenvalue weighted by Gasteiger charge is 2.27. The van der Waals surface area contributed by atoms with Gasteiger partial charge in [-0.2, -0.15) is 4.98 Å². The molecule has 2 aromatic rings. The quantitative estimate of drug-likeness (QED) is 0.829. The van der Waals surface area contributed by atoms with Gasteiger partial charge in [-0.25, -0.2) is 4.79 Å². The molecule has 0 unspecified atom stereocenters. The van der Waals surface area contributed by atoms with E-state index in [1.165, 1.54) is 0 Å². The summed E-state index contributed by atoms with van der Waals surface area (Å²) in [6.45, 7) is 5.35. The van der Waals surface area contributed by atoms with Crippen LogP contribution in [0.15, 0.2) is 28.8 Å². The van der Waals surface area contributed by atoms with Crippen LogP contribution in [-0.2, 0) is 10.6 Å². The summed E-state index contributed by atoms with van der Waals surface area (Å²) in [5.74, 6) is 1.19. The first-order valence-electron chi connectivity index (χ1n) is 7.35. The van der Waals surface area contributed by atoms with Gasteiger partial charge in [0.2, 0.25) is 5.89 Å². The monoisotopic (exact) mass is 353 g/mol. The number of rotatable bonds is 5. The van der Waals surface area contributed by atoms with Crippen LogP contribution in [0.2, 0.25) is 0 Å². The van der Waals surface area contributed by atoms with Crippen LogP contribution in [0.25, 0.3) is 0 Å². The molecule has 0 aliphatic rings. The van der Waals surface area contributed by atoms with Gasteiger partial charge in [-0.05, 0) is 26.8 Å². The third-order valence-corrected chi connectivity index (χ3v) is 3.20. The average molecular weight is 354 g/mol. The molecular weight excluding hydrogens is 334 g/mol. The summed E-state index contributed by atoms with van der Waals surface area (Å²) < 4.78 is 15.7. The molecule has 2 rings (SSSR count). The molecule has 1 aromatic carbocycles. The smallest absolute Gasteiger partial charge is 0.408 e. The molecule has 1 aromatic heterocycles. The van der Waals surface area contributed by atoms with E-state index in [1.54, 1.807) is 40.0 Å². The second kappa shape index (κ2) is 7.53. The van der Waals surface area contributed by atoms with Crippen LogP contribution < -0.4 is 10.1 Å². The Kier molecular flexibility index (Phi) is 5.66. The van der Waals surface area contributed by atoms with Gasteiger partial charge in [0, 0.05) is 5.56 Å². The van der Waals surface area contributed by atoms with Crippen molar-refractivity contribution >= 4 is 17.7 Å². The fraction of sp³-hybridized carbons (Fsp3) is 0.438. The largest absolute Gasteiger partial charge is 0.496 e. The first-order chi connectivity index (χ1) is 11.3. The summed E-state index contributed by atoms with van der Waals surface area (Å²) in [7, 11) is 1.55. The Morgan fingerprint density at radius 2 is 2.08 bits per heavy atom. The molecule has 1 amide bonds. The van der Waals surface area contributed by atoms with E-state index in [9.17, 15) is 4.79 Å². The molecule has 0 spiro atoms. The van der Waals surface area contributed by atoms with Crippen LogP contribution in [0.4, 0.5) is 4.79 Å². The number of hydrogen-bond donors (Lipinski definition) is 1. The van der Waals surface area contributed by atoms with Crippen molar-refractivity contribution in [2.24, 2.45) is 0 Å². The summed E-state index contributed by atoms with van der Waals surface area (Å²) in [5, 5.41) is 6.64. The van der Waals surface area contributed by atoms with Gasteiger partial charge in [0.1, 0.15) is 23.3 Å². The summed E-state index contributed by atoms with van der Waals surface area (Å²) in [4.78, 5) is 16.4. The molecule has 0 saturated carbocycles. The Labute approximate surface area is 145 Å². The number of amides is 1. The third-order valence-electron chi connectivity index (χ3n) is 2.97. The maximum absolute atomic E-state index is 12.2. The molecule has 0 bridgehead atoms. The van der Waals surface area contributed by atoms with Crippen molar-refractivity contribution in [3.8, 4) is 5.75 Å². The normalized spacial score (nSPS) is 12.5. The molecule has 0 fully saturated rings. The number of carbonyl (C=O) groups excluding carboxylic acids is 1. The molecule has 24 heavy (non-hydrogen) atoms. The van der Waals surface area contributed by atoms with E-state index < -0.39 is 17.7 Å². The zero-order chi connectivity index (χ0) is 17.7. The number of methoxy groups -OCH3 is 1. The zero-order valence-electron chi connectivity index (χ0n) is 14.0. The Hall–Kier alpha value is -2.28. The van der Waals surface area contributed by atoms with E-state index in [2.05, 4.69) is 15.5 Å². The summed E-state index contributed by atoms with van der Waals surface area (Å²) in [6.07, 6.45) is -0.601. The Morgan fingerprint density at radius 3 is 2.67 bits per heavy atom. The average Bonchev–Trinajstić information content (AvgIpc) is 2.99. The van der Waals surface area contributed by atoms with E-state index in [-0.39, 0.29) is 17.6 Å². The molecule has 8 heteroatoms. The lowest BCUT2D eigenvalue weighted by atomic mass is 10.1. The van der Waals surface area contributed by atoms with E-state index in [1.807, 2.05) is 12.1 Å². The maximum Gasteiger partial charge on any atom is 0.408 e. The fourth-order valence-electron chi connectivity index (χ4n) is 2.05. The molecule has 1 heterocycles. The zero-order valence-corrected chi connectivity index (χ0v) is 14.8. The van der Waals surface area contributed by atoms with Gasteiger partial charge in [-0.15, -0.1) is 11.6 Å². The number of alkyl halides is 1. The lowest BCUT2D eigenvalue weighted by Crippen LogP contribution is -2.36. The van der Waals surface area contributed by atoms with E-state index in [4.69, 9.17) is 25.6 Å². The fourth-order valence-corrected chi connectivity index (χ4v) is 2.16. The van der Waals surface area contributed by atoms with Gasteiger partial charge in [0.25, 0.3) is 0 Å². The minimum atomic E-state index is -0.697. The number of benzene rings is 1. The molecule has 0 saturated heterocycles. The van der Waals surface area contributed by atoms with Gasteiger partial charge in [-0.3, -0.25) is 0 Å². The molecule has 7 nitrogen and oxygen atoms in total. The number of carbonyl (C=O) groups is 1. The highest BCUT2D eigenvalue weighted by Crippen LogP contribution is 2.29. The number of nitrogens with one attached hydrogen (secondary N) is 1. The third kappa shape index (κ3) is 4.61. The second-order valence-electron chi connectivity index (χ2n) is 6.00. The lowest BCUT2D eigenvalue weighted by molar-refractivity contribution is 0.0509. The summed E-state index contributed by atoms with van der Waals surface area (Å²) >= 11 is 5.71. The van der Waals surface area contributed by atoms with Gasteiger partial charge in [-0.1, -0.05) is 23.4 Å². The lowest BCUT2D eigenvalue weighted by Gasteiger charge is -2.23. The predicted octanol–water partition coefficient (Wildman–Crippen LogP) is 3.43. The van der Waals surface area contributed by atoms with Crippen molar-refractivity contribution in [3.63, 3.8) is 0 Å². The van der Waals surface area contributed by atoms with Gasteiger partial charge >= 0.3 is 6.09 Å². The minimum Gasteiger partial charge on any atom is -0.496 e. The number of hydrogen-bond acceptors (Lipinski definition) is 6. The van der Waals surface area contributed by atoms with Crippen molar-refractivity contribution in [2.45, 2.75) is 38.3 Å². The molecule has 0 aliphatic heterocycles. The standard InChI is InChI=1S/C16H20ClN3O4/c1-16(2,3)23-15(21)19-13(14-18-12(9-17)24-20-14)10-7-5-6-8-11(10)22-4/h5-8,13H,9H2,1-4H3,(H,19,21)/t13-/m0/s1. The number of ether oxygens (including phenoxy) is 2. The van der Waals surface area contributed by atoms with Gasteiger partial charge in [0.05, 0.1) is 7.11 Å². The van der Waals surface area contributed by atoms with Crippen molar-refractivity contribution in [1.82, 2.24) is 15.5 Å². The molecule has 1 atom stereocenters. The number of para-hydroxylation sites is 1. The van der Waals surface area contributed by atoms with Crippen LogP contribution in [0.3, 0.4) is 0 Å². The number of aromatic nitrogens is 2. The minimum absolute atomic E-state index is 0.0814. The summed E-state index contributed by atoms with van der Waals surface area (Å²) in [6, 6.07) is 6.54.